The van der Waals surface area contributed by atoms with Gasteiger partial charge in [0.25, 0.3) is 0 Å². The third-order valence-electron chi connectivity index (χ3n) is 6.49. The number of aryl methyl sites for hydroxylation is 1. The second kappa shape index (κ2) is 10.9. The fraction of sp³-hybridized carbons (Fsp3) is 0.538. The number of aliphatic imine (C=N–C) groups is 1. The summed E-state index contributed by atoms with van der Waals surface area (Å²) >= 11 is 0. The number of guanidine groups is 1. The van der Waals surface area contributed by atoms with E-state index in [0.29, 0.717) is 13.0 Å². The Morgan fingerprint density at radius 1 is 1.11 bits per heavy atom. The number of anilines is 1. The predicted octanol–water partition coefficient (Wildman–Crippen LogP) is 3.28. The molecule has 188 valence electrons. The van der Waals surface area contributed by atoms with Crippen LogP contribution in [0.2, 0.25) is 0 Å². The van der Waals surface area contributed by atoms with E-state index in [-0.39, 0.29) is 36.1 Å². The number of nitrogens with zero attached hydrogens (tertiary/aromatic N) is 3. The van der Waals surface area contributed by atoms with Gasteiger partial charge in [0.2, 0.25) is 23.7 Å². The Kier molecular flexibility index (Phi) is 7.73. The van der Waals surface area contributed by atoms with Crippen LogP contribution in [0.3, 0.4) is 0 Å². The van der Waals surface area contributed by atoms with Crippen LogP contribution in [0.1, 0.15) is 51.7 Å². The van der Waals surface area contributed by atoms with Crippen LogP contribution in [-0.2, 0) is 14.4 Å². The van der Waals surface area contributed by atoms with E-state index >= 15 is 0 Å². The first-order chi connectivity index (χ1) is 16.8. The molecule has 1 aromatic carbocycles. The Morgan fingerprint density at radius 2 is 1.86 bits per heavy atom. The summed E-state index contributed by atoms with van der Waals surface area (Å²) < 4.78 is 5.64. The zero-order valence-electron chi connectivity index (χ0n) is 20.8. The molecule has 9 heteroatoms. The summed E-state index contributed by atoms with van der Waals surface area (Å²) in [6.45, 7) is 7.65. The molecule has 1 aromatic heterocycles. The highest BCUT2D eigenvalue weighted by Crippen LogP contribution is 2.23. The lowest BCUT2D eigenvalue weighted by Gasteiger charge is -2.25. The van der Waals surface area contributed by atoms with Crippen molar-refractivity contribution < 1.29 is 18.8 Å². The minimum atomic E-state index is -0.668. The number of carbonyl (C=O) groups excluding carboxylic acids is 3. The van der Waals surface area contributed by atoms with Crippen molar-refractivity contribution in [3.05, 3.63) is 30.0 Å². The van der Waals surface area contributed by atoms with E-state index < -0.39 is 6.04 Å². The fourth-order valence-electron chi connectivity index (χ4n) is 4.49. The Bertz CT molecular complexity index is 1120. The van der Waals surface area contributed by atoms with Crippen molar-refractivity contribution in [2.45, 2.75) is 58.9 Å². The second-order valence-electron chi connectivity index (χ2n) is 9.72. The lowest BCUT2D eigenvalue weighted by atomic mass is 10.1. The zero-order valence-corrected chi connectivity index (χ0v) is 20.8. The van der Waals surface area contributed by atoms with Crippen LogP contribution in [0, 0.1) is 12.8 Å². The minimum Gasteiger partial charge on any atom is -0.461 e. The van der Waals surface area contributed by atoms with Crippen LogP contribution in [0.5, 0.6) is 0 Å². The molecule has 2 aliphatic heterocycles. The molecular weight excluding hydrogens is 446 g/mol. The van der Waals surface area contributed by atoms with Gasteiger partial charge in [-0.05, 0) is 63.3 Å². The number of benzene rings is 1. The van der Waals surface area contributed by atoms with Gasteiger partial charge in [-0.3, -0.25) is 19.7 Å². The summed E-state index contributed by atoms with van der Waals surface area (Å²) in [5, 5.41) is 6.95. The first-order valence-electron chi connectivity index (χ1n) is 12.5. The van der Waals surface area contributed by atoms with Gasteiger partial charge in [-0.25, -0.2) is 4.99 Å². The summed E-state index contributed by atoms with van der Waals surface area (Å²) in [6.07, 6.45) is 4.24. The van der Waals surface area contributed by atoms with E-state index in [1.807, 2.05) is 36.1 Å². The molecule has 3 amide bonds. The van der Waals surface area contributed by atoms with E-state index in [2.05, 4.69) is 15.6 Å². The second-order valence-corrected chi connectivity index (χ2v) is 9.72. The third kappa shape index (κ3) is 6.21. The Balaban J connectivity index is 1.55. The maximum atomic E-state index is 13.4. The molecule has 3 heterocycles. The SMILES string of the molecule is Cc1cc2cc(NC(=NC3CCCCN(CC(=O)N4CCCC4)C3=O)NC(=O)C(C)C)ccc2o1. The summed E-state index contributed by atoms with van der Waals surface area (Å²) in [4.78, 5) is 46.7. The van der Waals surface area contributed by atoms with E-state index in [0.717, 1.165) is 61.2 Å². The van der Waals surface area contributed by atoms with E-state index in [4.69, 9.17) is 4.42 Å². The lowest BCUT2D eigenvalue weighted by Crippen LogP contribution is -2.46. The van der Waals surface area contributed by atoms with Crippen molar-refractivity contribution in [2.75, 3.05) is 31.5 Å². The number of rotatable bonds is 5. The molecule has 2 N–H and O–H groups in total. The summed E-state index contributed by atoms with van der Waals surface area (Å²) in [6, 6.07) is 6.89. The smallest absolute Gasteiger partial charge is 0.247 e. The van der Waals surface area contributed by atoms with Gasteiger partial charge >= 0.3 is 0 Å². The number of fused-ring (bicyclic) bond motifs is 1. The Hall–Kier alpha value is -3.36. The highest BCUT2D eigenvalue weighted by molar-refractivity contribution is 6.06. The molecule has 4 rings (SSSR count). The molecule has 0 bridgehead atoms. The molecule has 2 aliphatic rings. The number of likely N-dealkylation sites (tertiary alicyclic amines) is 2. The molecule has 2 aromatic rings. The van der Waals surface area contributed by atoms with Crippen molar-refractivity contribution in [1.82, 2.24) is 15.1 Å². The van der Waals surface area contributed by atoms with Gasteiger partial charge in [0.15, 0.2) is 0 Å². The van der Waals surface area contributed by atoms with Gasteiger partial charge in [0, 0.05) is 36.6 Å². The van der Waals surface area contributed by atoms with Gasteiger partial charge in [0.05, 0.1) is 6.54 Å². The summed E-state index contributed by atoms with van der Waals surface area (Å²) in [7, 11) is 0. The van der Waals surface area contributed by atoms with Crippen LogP contribution in [0.25, 0.3) is 11.0 Å². The van der Waals surface area contributed by atoms with Crippen LogP contribution < -0.4 is 10.6 Å². The molecule has 0 radical (unpaired) electrons. The van der Waals surface area contributed by atoms with E-state index in [1.54, 1.807) is 18.7 Å². The van der Waals surface area contributed by atoms with Crippen LogP contribution in [-0.4, -0.2) is 65.7 Å². The highest BCUT2D eigenvalue weighted by atomic mass is 16.3. The molecular formula is C26H35N5O4. The number of carbonyl (C=O) groups is 3. The largest absolute Gasteiger partial charge is 0.461 e. The van der Waals surface area contributed by atoms with E-state index in [1.165, 1.54) is 0 Å². The normalized spacial score (nSPS) is 19.4. The van der Waals surface area contributed by atoms with Crippen LogP contribution in [0.15, 0.2) is 33.7 Å². The van der Waals surface area contributed by atoms with E-state index in [9.17, 15) is 14.4 Å². The summed E-state index contributed by atoms with van der Waals surface area (Å²) in [5.41, 5.74) is 1.50. The van der Waals surface area contributed by atoms with Crippen molar-refractivity contribution in [3.8, 4) is 0 Å². The van der Waals surface area contributed by atoms with Gasteiger partial charge < -0.3 is 19.5 Å². The minimum absolute atomic E-state index is 0.00403. The molecule has 35 heavy (non-hydrogen) atoms. The predicted molar refractivity (Wildman–Crippen MR) is 135 cm³/mol. The standard InChI is InChI=1S/C26H35N5O4/c1-17(2)24(33)29-26(27-20-9-10-22-19(15-20)14-18(3)35-22)28-21-8-4-5-13-31(25(21)34)16-23(32)30-11-6-7-12-30/h9-10,14-15,17,21H,4-8,11-13,16H2,1-3H3,(H2,27,28,29,33). The maximum Gasteiger partial charge on any atom is 0.247 e. The molecule has 0 spiro atoms. The Morgan fingerprint density at radius 3 is 2.60 bits per heavy atom. The molecule has 1 atom stereocenters. The van der Waals surface area contributed by atoms with Crippen molar-refractivity contribution in [1.29, 1.82) is 0 Å². The molecule has 2 fully saturated rings. The number of furan rings is 1. The first-order valence-corrected chi connectivity index (χ1v) is 12.5. The topological polar surface area (TPSA) is 107 Å². The summed E-state index contributed by atoms with van der Waals surface area (Å²) in [5.74, 6) is 0.421. The zero-order chi connectivity index (χ0) is 24.9. The molecule has 0 aliphatic carbocycles. The molecule has 9 nitrogen and oxygen atoms in total. The van der Waals surface area contributed by atoms with Crippen molar-refractivity contribution in [2.24, 2.45) is 10.9 Å². The maximum absolute atomic E-state index is 13.4. The average Bonchev–Trinajstić information content (AvgIpc) is 3.44. The first kappa shape index (κ1) is 24.8. The van der Waals surface area contributed by atoms with Gasteiger partial charge in [-0.1, -0.05) is 13.8 Å². The quantitative estimate of drug-likeness (QED) is 0.503. The Labute approximate surface area is 205 Å². The van der Waals surface area contributed by atoms with Crippen molar-refractivity contribution >= 4 is 40.3 Å². The molecule has 2 saturated heterocycles. The van der Waals surface area contributed by atoms with Gasteiger partial charge in [-0.2, -0.15) is 0 Å². The third-order valence-corrected chi connectivity index (χ3v) is 6.49. The monoisotopic (exact) mass is 481 g/mol. The molecule has 1 unspecified atom stereocenters. The average molecular weight is 482 g/mol. The molecule has 0 saturated carbocycles. The van der Waals surface area contributed by atoms with Crippen LogP contribution in [0.4, 0.5) is 5.69 Å². The number of hydrogen-bond acceptors (Lipinski definition) is 5. The van der Waals surface area contributed by atoms with Crippen LogP contribution >= 0.6 is 0 Å². The fourth-order valence-corrected chi connectivity index (χ4v) is 4.49. The van der Waals surface area contributed by atoms with Crippen molar-refractivity contribution in [3.63, 3.8) is 0 Å². The van der Waals surface area contributed by atoms with Gasteiger partial charge in [0.1, 0.15) is 17.4 Å². The lowest BCUT2D eigenvalue weighted by molar-refractivity contribution is -0.140. The number of hydrogen-bond donors (Lipinski definition) is 2. The number of nitrogens with one attached hydrogen (secondary N) is 2. The highest BCUT2D eigenvalue weighted by Gasteiger charge is 2.30. The van der Waals surface area contributed by atoms with Gasteiger partial charge in [-0.15, -0.1) is 0 Å². The number of amides is 3.